The molecule has 0 aromatic heterocycles. The van der Waals surface area contributed by atoms with Crippen molar-refractivity contribution in [2.75, 3.05) is 0 Å². The van der Waals surface area contributed by atoms with Gasteiger partial charge in [0.05, 0.1) is 0 Å². The highest BCUT2D eigenvalue weighted by molar-refractivity contribution is 5.97. The van der Waals surface area contributed by atoms with E-state index in [9.17, 15) is 4.79 Å². The van der Waals surface area contributed by atoms with Crippen molar-refractivity contribution >= 4 is 5.78 Å². The topological polar surface area (TPSA) is 26.3 Å². The summed E-state index contributed by atoms with van der Waals surface area (Å²) in [6, 6.07) is 16.8. The van der Waals surface area contributed by atoms with E-state index in [0.717, 1.165) is 17.1 Å². The average molecular weight is 240 g/mol. The Labute approximate surface area is 107 Å². The van der Waals surface area contributed by atoms with Gasteiger partial charge in [-0.1, -0.05) is 32.0 Å². The lowest BCUT2D eigenvalue weighted by Crippen LogP contribution is -2.06. The molecular formula is C16H16O2. The standard InChI is InChI=1S/C16H16O2/c1-12(2)16(17)13-8-10-15(11-9-13)18-14-6-4-3-5-7-14/h3-12H,1-2H3. The van der Waals surface area contributed by atoms with Gasteiger partial charge in [-0.05, 0) is 36.4 Å². The maximum atomic E-state index is 11.8. The Morgan fingerprint density at radius 2 is 1.44 bits per heavy atom. The van der Waals surface area contributed by atoms with E-state index in [2.05, 4.69) is 0 Å². The van der Waals surface area contributed by atoms with Crippen molar-refractivity contribution in [1.29, 1.82) is 0 Å². The molecule has 18 heavy (non-hydrogen) atoms. The second-order valence-electron chi connectivity index (χ2n) is 4.46. The first-order valence-corrected chi connectivity index (χ1v) is 6.04. The summed E-state index contributed by atoms with van der Waals surface area (Å²) in [7, 11) is 0. The van der Waals surface area contributed by atoms with Crippen molar-refractivity contribution in [2.45, 2.75) is 13.8 Å². The van der Waals surface area contributed by atoms with Gasteiger partial charge in [0.1, 0.15) is 11.5 Å². The number of hydrogen-bond donors (Lipinski definition) is 0. The minimum Gasteiger partial charge on any atom is -0.457 e. The average Bonchev–Trinajstić information content (AvgIpc) is 2.40. The molecule has 0 saturated heterocycles. The fourth-order valence-corrected chi connectivity index (χ4v) is 1.65. The fourth-order valence-electron chi connectivity index (χ4n) is 1.65. The zero-order valence-corrected chi connectivity index (χ0v) is 10.6. The molecule has 0 aliphatic carbocycles. The van der Waals surface area contributed by atoms with Gasteiger partial charge in [-0.2, -0.15) is 0 Å². The van der Waals surface area contributed by atoms with Crippen LogP contribution in [0.3, 0.4) is 0 Å². The van der Waals surface area contributed by atoms with Gasteiger partial charge in [-0.3, -0.25) is 4.79 Å². The molecule has 0 amide bonds. The highest BCUT2D eigenvalue weighted by Crippen LogP contribution is 2.21. The zero-order valence-electron chi connectivity index (χ0n) is 10.6. The summed E-state index contributed by atoms with van der Waals surface area (Å²) in [6.45, 7) is 3.80. The third-order valence-electron chi connectivity index (χ3n) is 2.64. The summed E-state index contributed by atoms with van der Waals surface area (Å²) in [5, 5.41) is 0. The number of hydrogen-bond acceptors (Lipinski definition) is 2. The Morgan fingerprint density at radius 1 is 0.889 bits per heavy atom. The maximum Gasteiger partial charge on any atom is 0.165 e. The van der Waals surface area contributed by atoms with E-state index in [1.807, 2.05) is 56.3 Å². The van der Waals surface area contributed by atoms with Crippen LogP contribution in [0.15, 0.2) is 54.6 Å². The van der Waals surface area contributed by atoms with Gasteiger partial charge < -0.3 is 4.74 Å². The Kier molecular flexibility index (Phi) is 3.78. The van der Waals surface area contributed by atoms with Gasteiger partial charge in [-0.25, -0.2) is 0 Å². The third-order valence-corrected chi connectivity index (χ3v) is 2.64. The van der Waals surface area contributed by atoms with Crippen LogP contribution in [0.5, 0.6) is 11.5 Å². The highest BCUT2D eigenvalue weighted by atomic mass is 16.5. The van der Waals surface area contributed by atoms with Crippen LogP contribution in [-0.4, -0.2) is 5.78 Å². The zero-order chi connectivity index (χ0) is 13.0. The first kappa shape index (κ1) is 12.4. The predicted octanol–water partition coefficient (Wildman–Crippen LogP) is 4.32. The molecule has 0 spiro atoms. The molecule has 0 heterocycles. The summed E-state index contributed by atoms with van der Waals surface area (Å²) < 4.78 is 5.66. The van der Waals surface area contributed by atoms with Gasteiger partial charge in [0.15, 0.2) is 5.78 Å². The van der Waals surface area contributed by atoms with Crippen molar-refractivity contribution in [1.82, 2.24) is 0 Å². The Hall–Kier alpha value is -2.09. The minimum atomic E-state index is 0.0193. The molecule has 0 fully saturated rings. The number of ketones is 1. The molecule has 0 aliphatic rings. The molecule has 0 bridgehead atoms. The van der Waals surface area contributed by atoms with Gasteiger partial charge in [0.2, 0.25) is 0 Å². The highest BCUT2D eigenvalue weighted by Gasteiger charge is 2.09. The fraction of sp³-hybridized carbons (Fsp3) is 0.188. The van der Waals surface area contributed by atoms with Crippen LogP contribution in [-0.2, 0) is 0 Å². The van der Waals surface area contributed by atoms with Crippen LogP contribution in [0, 0.1) is 5.92 Å². The van der Waals surface area contributed by atoms with Crippen LogP contribution < -0.4 is 4.74 Å². The number of carbonyl (C=O) groups is 1. The summed E-state index contributed by atoms with van der Waals surface area (Å²) in [5.74, 6) is 1.70. The molecule has 2 heteroatoms. The lowest BCUT2D eigenvalue weighted by atomic mass is 10.0. The summed E-state index contributed by atoms with van der Waals surface area (Å²) in [5.41, 5.74) is 0.727. The number of Topliss-reactive ketones (excluding diaryl/α,β-unsaturated/α-hetero) is 1. The lowest BCUT2D eigenvalue weighted by molar-refractivity contribution is 0.0939. The molecule has 2 nitrogen and oxygen atoms in total. The predicted molar refractivity (Wildman–Crippen MR) is 72.1 cm³/mol. The molecule has 0 saturated carbocycles. The van der Waals surface area contributed by atoms with Crippen molar-refractivity contribution in [3.05, 3.63) is 60.2 Å². The van der Waals surface area contributed by atoms with E-state index in [0.29, 0.717) is 0 Å². The van der Waals surface area contributed by atoms with Crippen LogP contribution in [0.1, 0.15) is 24.2 Å². The van der Waals surface area contributed by atoms with Crippen molar-refractivity contribution in [2.24, 2.45) is 5.92 Å². The van der Waals surface area contributed by atoms with E-state index in [1.165, 1.54) is 0 Å². The smallest absolute Gasteiger partial charge is 0.165 e. The largest absolute Gasteiger partial charge is 0.457 e. The number of benzene rings is 2. The molecule has 0 N–H and O–H groups in total. The number of ether oxygens (including phenoxy) is 1. The van der Waals surface area contributed by atoms with E-state index in [4.69, 9.17) is 4.74 Å². The Morgan fingerprint density at radius 3 is 2.00 bits per heavy atom. The maximum absolute atomic E-state index is 11.8. The van der Waals surface area contributed by atoms with Crippen molar-refractivity contribution < 1.29 is 9.53 Å². The minimum absolute atomic E-state index is 0.0193. The number of rotatable bonds is 4. The number of carbonyl (C=O) groups excluding carboxylic acids is 1. The summed E-state index contributed by atoms with van der Waals surface area (Å²) in [4.78, 5) is 11.8. The molecule has 0 unspecified atom stereocenters. The molecule has 0 aliphatic heterocycles. The summed E-state index contributed by atoms with van der Waals surface area (Å²) in [6.07, 6.45) is 0. The molecule has 0 atom stereocenters. The molecule has 0 radical (unpaired) electrons. The SMILES string of the molecule is CC(C)C(=O)c1ccc(Oc2ccccc2)cc1. The van der Waals surface area contributed by atoms with E-state index >= 15 is 0 Å². The molecule has 2 aromatic carbocycles. The molecule has 92 valence electrons. The van der Waals surface area contributed by atoms with E-state index in [1.54, 1.807) is 12.1 Å². The second kappa shape index (κ2) is 5.50. The van der Waals surface area contributed by atoms with Crippen molar-refractivity contribution in [3.63, 3.8) is 0 Å². The van der Waals surface area contributed by atoms with Gasteiger partial charge >= 0.3 is 0 Å². The van der Waals surface area contributed by atoms with Gasteiger partial charge in [-0.15, -0.1) is 0 Å². The molecular weight excluding hydrogens is 224 g/mol. The van der Waals surface area contributed by atoms with Crippen LogP contribution in [0.4, 0.5) is 0 Å². The Balaban J connectivity index is 2.11. The quantitative estimate of drug-likeness (QED) is 0.744. The molecule has 2 aromatic rings. The van der Waals surface area contributed by atoms with E-state index < -0.39 is 0 Å². The van der Waals surface area contributed by atoms with Crippen LogP contribution >= 0.6 is 0 Å². The first-order chi connectivity index (χ1) is 8.66. The normalized spacial score (nSPS) is 10.4. The Bertz CT molecular complexity index is 513. The first-order valence-electron chi connectivity index (χ1n) is 6.04. The van der Waals surface area contributed by atoms with Crippen LogP contribution in [0.2, 0.25) is 0 Å². The third kappa shape index (κ3) is 2.98. The summed E-state index contributed by atoms with van der Waals surface area (Å²) >= 11 is 0. The number of para-hydroxylation sites is 1. The van der Waals surface area contributed by atoms with Crippen molar-refractivity contribution in [3.8, 4) is 11.5 Å². The van der Waals surface area contributed by atoms with E-state index in [-0.39, 0.29) is 11.7 Å². The lowest BCUT2D eigenvalue weighted by Gasteiger charge is -2.07. The molecule has 2 rings (SSSR count). The second-order valence-corrected chi connectivity index (χ2v) is 4.46. The van der Waals surface area contributed by atoms with Gasteiger partial charge in [0.25, 0.3) is 0 Å². The van der Waals surface area contributed by atoms with Gasteiger partial charge in [0, 0.05) is 11.5 Å². The monoisotopic (exact) mass is 240 g/mol. The van der Waals surface area contributed by atoms with Crippen LogP contribution in [0.25, 0.3) is 0 Å².